The van der Waals surface area contributed by atoms with Crippen molar-refractivity contribution in [2.24, 2.45) is 0 Å². The molecule has 1 unspecified atom stereocenters. The fourth-order valence-electron chi connectivity index (χ4n) is 3.43. The maximum absolute atomic E-state index is 13.0. The van der Waals surface area contributed by atoms with Gasteiger partial charge in [-0.3, -0.25) is 4.79 Å². The Morgan fingerprint density at radius 3 is 2.75 bits per heavy atom. The van der Waals surface area contributed by atoms with Crippen LogP contribution < -0.4 is 10.6 Å². The van der Waals surface area contributed by atoms with Gasteiger partial charge in [0.2, 0.25) is 12.4 Å². The summed E-state index contributed by atoms with van der Waals surface area (Å²) in [6, 6.07) is 5.98. The van der Waals surface area contributed by atoms with Crippen LogP contribution in [0, 0.1) is 0 Å². The number of carbonyl (C=O) groups excluding carboxylic acids is 1. The Balaban J connectivity index is 0.000000278. The number of piperidine rings is 1. The van der Waals surface area contributed by atoms with Crippen LogP contribution in [0.3, 0.4) is 0 Å². The normalized spacial score (nSPS) is 19.2. The average molecular weight is 444 g/mol. The molecule has 0 spiro atoms. The van der Waals surface area contributed by atoms with Gasteiger partial charge in [0.15, 0.2) is 0 Å². The molecule has 3 rings (SSSR count). The van der Waals surface area contributed by atoms with E-state index >= 15 is 0 Å². The van der Waals surface area contributed by atoms with E-state index in [2.05, 4.69) is 33.6 Å². The number of ether oxygens (including phenoxy) is 1. The number of aromatic nitrogens is 2. The lowest BCUT2D eigenvalue weighted by molar-refractivity contribution is -0.120. The van der Waals surface area contributed by atoms with Gasteiger partial charge in [-0.2, -0.15) is 0 Å². The second kappa shape index (κ2) is 12.8. The minimum atomic E-state index is -0.918. The lowest BCUT2D eigenvalue weighted by Crippen LogP contribution is -2.49. The monoisotopic (exact) mass is 443 g/mol. The molecular weight excluding hydrogens is 409 g/mol. The lowest BCUT2D eigenvalue weighted by Gasteiger charge is -2.31. The molecule has 0 radical (unpaired) electrons. The van der Waals surface area contributed by atoms with Gasteiger partial charge in [0, 0.05) is 36.8 Å². The van der Waals surface area contributed by atoms with Crippen LogP contribution in [0.4, 0.5) is 10.3 Å². The van der Waals surface area contributed by atoms with Crippen molar-refractivity contribution in [3.63, 3.8) is 0 Å². The van der Waals surface area contributed by atoms with E-state index in [0.717, 1.165) is 34.4 Å². The molecule has 2 N–H and O–H groups in total. The van der Waals surface area contributed by atoms with E-state index in [-0.39, 0.29) is 12.6 Å². The first-order chi connectivity index (χ1) is 15.4. The summed E-state index contributed by atoms with van der Waals surface area (Å²) in [6.45, 7) is 6.92. The molecule has 32 heavy (non-hydrogen) atoms. The Labute approximate surface area is 189 Å². The molecule has 0 bridgehead atoms. The second-order valence-corrected chi connectivity index (χ2v) is 7.50. The second-order valence-electron chi connectivity index (χ2n) is 7.50. The zero-order valence-electron chi connectivity index (χ0n) is 19.6. The van der Waals surface area contributed by atoms with Gasteiger partial charge in [0.05, 0.1) is 17.8 Å². The standard InChI is InChI=1S/C17H21N3O.C7H13FN2O/c1-5-7-12(3)21-16(6-2)13-8-9-14-11-19-17(18-4)20-15(14)10-13;1-9-7-2-3-10(5-11)4-6(7)8/h6-11H,5H2,1-4H3,(H,18,19,20);5-7,9H,2-4H2,1H3/b12-7+,16-6-;/t;6?,7-/m.0/s1. The van der Waals surface area contributed by atoms with Gasteiger partial charge in [-0.15, -0.1) is 0 Å². The fraction of sp³-hybridized carbons (Fsp3) is 0.458. The van der Waals surface area contributed by atoms with Crippen LogP contribution >= 0.6 is 0 Å². The smallest absolute Gasteiger partial charge is 0.222 e. The minimum Gasteiger partial charge on any atom is -0.462 e. The molecule has 1 aliphatic heterocycles. The molecule has 2 aromatic rings. The highest BCUT2D eigenvalue weighted by atomic mass is 19.1. The lowest BCUT2D eigenvalue weighted by atomic mass is 10.0. The molecule has 1 aromatic carbocycles. The summed E-state index contributed by atoms with van der Waals surface area (Å²) in [4.78, 5) is 20.4. The number of nitrogens with one attached hydrogen (secondary N) is 2. The Hall–Kier alpha value is -3.00. The SMILES string of the molecule is C/C=C(\O/C(C)=C/CC)c1ccc2cnc(NC)nc2c1.CN[C@H]1CCN(C=O)CC1F. The summed E-state index contributed by atoms with van der Waals surface area (Å²) in [6.07, 6.45) is 7.30. The number of amides is 1. The number of rotatable bonds is 7. The summed E-state index contributed by atoms with van der Waals surface area (Å²) in [5.41, 5.74) is 1.90. The molecule has 1 aromatic heterocycles. The predicted octanol–water partition coefficient (Wildman–Crippen LogP) is 4.14. The first-order valence-corrected chi connectivity index (χ1v) is 10.9. The predicted molar refractivity (Wildman–Crippen MR) is 128 cm³/mol. The maximum atomic E-state index is 13.0. The van der Waals surface area contributed by atoms with Crippen molar-refractivity contribution in [3.8, 4) is 0 Å². The van der Waals surface area contributed by atoms with Crippen LogP contribution in [0.1, 0.15) is 39.2 Å². The number of anilines is 1. The van der Waals surface area contributed by atoms with E-state index in [0.29, 0.717) is 25.3 Å². The van der Waals surface area contributed by atoms with Crippen molar-refractivity contribution in [1.29, 1.82) is 0 Å². The number of carbonyl (C=O) groups is 1. The summed E-state index contributed by atoms with van der Waals surface area (Å²) < 4.78 is 18.9. The number of allylic oxidation sites excluding steroid dienone is 3. The van der Waals surface area contributed by atoms with E-state index < -0.39 is 6.17 Å². The number of fused-ring (bicyclic) bond motifs is 1. The molecule has 1 aliphatic rings. The molecule has 0 saturated carbocycles. The largest absolute Gasteiger partial charge is 0.462 e. The van der Waals surface area contributed by atoms with E-state index in [1.54, 1.807) is 7.05 Å². The molecule has 2 heterocycles. The van der Waals surface area contributed by atoms with Crippen LogP contribution in [-0.2, 0) is 9.53 Å². The van der Waals surface area contributed by atoms with Crippen molar-refractivity contribution < 1.29 is 13.9 Å². The molecule has 8 heteroatoms. The highest BCUT2D eigenvalue weighted by Gasteiger charge is 2.26. The number of nitrogens with zero attached hydrogens (tertiary/aromatic N) is 3. The number of hydrogen-bond acceptors (Lipinski definition) is 6. The number of hydrogen-bond donors (Lipinski definition) is 2. The molecule has 1 fully saturated rings. The van der Waals surface area contributed by atoms with E-state index in [4.69, 9.17) is 4.74 Å². The highest BCUT2D eigenvalue weighted by Crippen LogP contribution is 2.23. The Bertz CT molecular complexity index is 947. The molecule has 7 nitrogen and oxygen atoms in total. The average Bonchev–Trinajstić information content (AvgIpc) is 2.82. The molecular formula is C24H34FN5O2. The van der Waals surface area contributed by atoms with Gasteiger partial charge in [-0.05, 0) is 52.0 Å². The van der Waals surface area contributed by atoms with E-state index in [1.165, 1.54) is 4.90 Å². The van der Waals surface area contributed by atoms with Crippen molar-refractivity contribution >= 4 is 29.0 Å². The number of likely N-dealkylation sites (tertiary alicyclic amines) is 1. The van der Waals surface area contributed by atoms with Crippen LogP contribution in [0.25, 0.3) is 16.7 Å². The number of alkyl halides is 1. The van der Waals surface area contributed by atoms with Crippen molar-refractivity contribution in [2.45, 2.75) is 45.8 Å². The van der Waals surface area contributed by atoms with Crippen LogP contribution in [0.5, 0.6) is 0 Å². The quantitative estimate of drug-likeness (QED) is 0.495. The van der Waals surface area contributed by atoms with Crippen molar-refractivity contribution in [1.82, 2.24) is 20.2 Å². The maximum Gasteiger partial charge on any atom is 0.222 e. The first-order valence-electron chi connectivity index (χ1n) is 10.9. The van der Waals surface area contributed by atoms with Crippen LogP contribution in [0.2, 0.25) is 0 Å². The van der Waals surface area contributed by atoms with Gasteiger partial charge < -0.3 is 20.3 Å². The Morgan fingerprint density at radius 2 is 2.16 bits per heavy atom. The third kappa shape index (κ3) is 7.02. The van der Waals surface area contributed by atoms with E-state index in [9.17, 15) is 9.18 Å². The zero-order chi connectivity index (χ0) is 23.5. The number of benzene rings is 1. The molecule has 2 atom stereocenters. The highest BCUT2D eigenvalue weighted by molar-refractivity contribution is 5.82. The van der Waals surface area contributed by atoms with Gasteiger partial charge in [0.1, 0.15) is 11.9 Å². The molecule has 1 amide bonds. The third-order valence-corrected chi connectivity index (χ3v) is 5.21. The van der Waals surface area contributed by atoms with Gasteiger partial charge >= 0.3 is 0 Å². The van der Waals surface area contributed by atoms with Crippen molar-refractivity contribution in [3.05, 3.63) is 47.9 Å². The zero-order valence-corrected chi connectivity index (χ0v) is 19.6. The Morgan fingerprint density at radius 1 is 1.38 bits per heavy atom. The fourth-order valence-corrected chi connectivity index (χ4v) is 3.43. The molecule has 1 saturated heterocycles. The summed E-state index contributed by atoms with van der Waals surface area (Å²) in [7, 11) is 3.55. The van der Waals surface area contributed by atoms with Gasteiger partial charge in [-0.25, -0.2) is 14.4 Å². The van der Waals surface area contributed by atoms with Gasteiger partial charge in [0.25, 0.3) is 0 Å². The molecule has 0 aliphatic carbocycles. The van der Waals surface area contributed by atoms with Gasteiger partial charge in [-0.1, -0.05) is 19.1 Å². The summed E-state index contributed by atoms with van der Waals surface area (Å²) in [5.74, 6) is 2.36. The number of halogens is 1. The Kier molecular flexibility index (Phi) is 10.1. The van der Waals surface area contributed by atoms with Crippen LogP contribution in [-0.4, -0.2) is 60.7 Å². The topological polar surface area (TPSA) is 79.4 Å². The van der Waals surface area contributed by atoms with Crippen LogP contribution in [0.15, 0.2) is 42.3 Å². The third-order valence-electron chi connectivity index (χ3n) is 5.21. The van der Waals surface area contributed by atoms with Crippen molar-refractivity contribution in [2.75, 3.05) is 32.5 Å². The minimum absolute atomic E-state index is 0.0776. The summed E-state index contributed by atoms with van der Waals surface area (Å²) >= 11 is 0. The first kappa shape index (κ1) is 25.3. The summed E-state index contributed by atoms with van der Waals surface area (Å²) in [5, 5.41) is 6.84. The molecule has 174 valence electrons. The van der Waals surface area contributed by atoms with E-state index in [1.807, 2.05) is 51.4 Å².